The van der Waals surface area contributed by atoms with Crippen molar-refractivity contribution in [3.8, 4) is 0 Å². The van der Waals surface area contributed by atoms with Gasteiger partial charge in [-0.15, -0.1) is 0 Å². The highest BCUT2D eigenvalue weighted by Crippen LogP contribution is 2.23. The molecule has 1 saturated carbocycles. The lowest BCUT2D eigenvalue weighted by Gasteiger charge is -2.26. The summed E-state index contributed by atoms with van der Waals surface area (Å²) in [5.41, 5.74) is 5.86. The SMILES string of the molecule is NC1CCCC(C(=O)NCC2CCC(=O)N2)C1. The van der Waals surface area contributed by atoms with E-state index in [4.69, 9.17) is 5.73 Å². The van der Waals surface area contributed by atoms with Crippen LogP contribution in [0.2, 0.25) is 0 Å². The van der Waals surface area contributed by atoms with Crippen LogP contribution in [0.3, 0.4) is 0 Å². The highest BCUT2D eigenvalue weighted by atomic mass is 16.2. The maximum Gasteiger partial charge on any atom is 0.223 e. The number of hydrogen-bond acceptors (Lipinski definition) is 3. The molecule has 5 nitrogen and oxygen atoms in total. The average molecular weight is 239 g/mol. The van der Waals surface area contributed by atoms with Gasteiger partial charge in [-0.2, -0.15) is 0 Å². The van der Waals surface area contributed by atoms with Gasteiger partial charge in [0.15, 0.2) is 0 Å². The van der Waals surface area contributed by atoms with E-state index in [1.54, 1.807) is 0 Å². The van der Waals surface area contributed by atoms with Crippen LogP contribution in [0.1, 0.15) is 38.5 Å². The van der Waals surface area contributed by atoms with Crippen molar-refractivity contribution < 1.29 is 9.59 Å². The lowest BCUT2D eigenvalue weighted by atomic mass is 9.85. The zero-order chi connectivity index (χ0) is 12.3. The van der Waals surface area contributed by atoms with Gasteiger partial charge in [0.05, 0.1) is 0 Å². The van der Waals surface area contributed by atoms with Gasteiger partial charge >= 0.3 is 0 Å². The van der Waals surface area contributed by atoms with E-state index >= 15 is 0 Å². The van der Waals surface area contributed by atoms with E-state index in [2.05, 4.69) is 10.6 Å². The number of carbonyl (C=O) groups is 2. The molecule has 1 aliphatic carbocycles. The minimum Gasteiger partial charge on any atom is -0.354 e. The molecule has 3 unspecified atom stereocenters. The lowest BCUT2D eigenvalue weighted by Crippen LogP contribution is -2.43. The molecule has 96 valence electrons. The molecular formula is C12H21N3O2. The number of rotatable bonds is 3. The lowest BCUT2D eigenvalue weighted by molar-refractivity contribution is -0.126. The molecular weight excluding hydrogens is 218 g/mol. The summed E-state index contributed by atoms with van der Waals surface area (Å²) in [6.45, 7) is 0.552. The third kappa shape index (κ3) is 3.43. The Morgan fingerprint density at radius 1 is 1.41 bits per heavy atom. The molecule has 0 spiro atoms. The molecule has 2 rings (SSSR count). The molecule has 2 aliphatic rings. The molecule has 5 heteroatoms. The molecule has 0 radical (unpaired) electrons. The summed E-state index contributed by atoms with van der Waals surface area (Å²) < 4.78 is 0. The van der Waals surface area contributed by atoms with Gasteiger partial charge in [0.25, 0.3) is 0 Å². The zero-order valence-corrected chi connectivity index (χ0v) is 10.1. The van der Waals surface area contributed by atoms with E-state index in [9.17, 15) is 9.59 Å². The second-order valence-electron chi connectivity index (χ2n) is 5.17. The average Bonchev–Trinajstić information content (AvgIpc) is 2.72. The Hall–Kier alpha value is -1.10. The molecule has 0 aromatic heterocycles. The Labute approximate surface area is 102 Å². The molecule has 2 fully saturated rings. The van der Waals surface area contributed by atoms with Crippen LogP contribution in [0.4, 0.5) is 0 Å². The van der Waals surface area contributed by atoms with E-state index in [0.29, 0.717) is 13.0 Å². The van der Waals surface area contributed by atoms with Crippen molar-refractivity contribution in [3.05, 3.63) is 0 Å². The standard InChI is InChI=1S/C12H21N3O2/c13-9-3-1-2-8(6-9)12(17)14-7-10-4-5-11(16)15-10/h8-10H,1-7,13H2,(H,14,17)(H,15,16). The molecule has 2 amide bonds. The smallest absolute Gasteiger partial charge is 0.223 e. The first kappa shape index (κ1) is 12.4. The van der Waals surface area contributed by atoms with Crippen molar-refractivity contribution >= 4 is 11.8 Å². The van der Waals surface area contributed by atoms with Crippen LogP contribution in [-0.2, 0) is 9.59 Å². The van der Waals surface area contributed by atoms with Crippen molar-refractivity contribution in [2.45, 2.75) is 50.6 Å². The monoisotopic (exact) mass is 239 g/mol. The molecule has 17 heavy (non-hydrogen) atoms. The summed E-state index contributed by atoms with van der Waals surface area (Å²) in [7, 11) is 0. The van der Waals surface area contributed by atoms with Crippen LogP contribution < -0.4 is 16.4 Å². The molecule has 4 N–H and O–H groups in total. The Balaban J connectivity index is 1.71. The highest BCUT2D eigenvalue weighted by Gasteiger charge is 2.26. The predicted octanol–water partition coefficient (Wildman–Crippen LogP) is -0.101. The molecule has 1 aliphatic heterocycles. The van der Waals surface area contributed by atoms with Gasteiger partial charge in [-0.3, -0.25) is 9.59 Å². The van der Waals surface area contributed by atoms with E-state index in [1.807, 2.05) is 0 Å². The fraction of sp³-hybridized carbons (Fsp3) is 0.833. The van der Waals surface area contributed by atoms with Gasteiger partial charge in [0, 0.05) is 31.0 Å². The first-order valence-electron chi connectivity index (χ1n) is 6.48. The summed E-state index contributed by atoms with van der Waals surface area (Å²) in [6, 6.07) is 0.286. The quantitative estimate of drug-likeness (QED) is 0.643. The van der Waals surface area contributed by atoms with Gasteiger partial charge < -0.3 is 16.4 Å². The Bertz CT molecular complexity index is 306. The zero-order valence-electron chi connectivity index (χ0n) is 10.1. The van der Waals surface area contributed by atoms with Crippen LogP contribution in [0.5, 0.6) is 0 Å². The van der Waals surface area contributed by atoms with E-state index < -0.39 is 0 Å². The van der Waals surface area contributed by atoms with Gasteiger partial charge in [-0.1, -0.05) is 6.42 Å². The summed E-state index contributed by atoms with van der Waals surface area (Å²) in [5.74, 6) is 0.251. The van der Waals surface area contributed by atoms with Crippen LogP contribution >= 0.6 is 0 Å². The maximum atomic E-state index is 11.9. The van der Waals surface area contributed by atoms with Crippen LogP contribution in [0.25, 0.3) is 0 Å². The minimum absolute atomic E-state index is 0.0656. The predicted molar refractivity (Wildman–Crippen MR) is 64.1 cm³/mol. The van der Waals surface area contributed by atoms with Crippen molar-refractivity contribution in [2.75, 3.05) is 6.54 Å². The van der Waals surface area contributed by atoms with Gasteiger partial charge in [0.2, 0.25) is 11.8 Å². The topological polar surface area (TPSA) is 84.2 Å². The number of nitrogens with one attached hydrogen (secondary N) is 2. The van der Waals surface area contributed by atoms with Gasteiger partial charge in [-0.25, -0.2) is 0 Å². The Morgan fingerprint density at radius 2 is 2.24 bits per heavy atom. The number of hydrogen-bond donors (Lipinski definition) is 3. The second kappa shape index (κ2) is 5.49. The van der Waals surface area contributed by atoms with Crippen LogP contribution in [0, 0.1) is 5.92 Å². The van der Waals surface area contributed by atoms with E-state index in [-0.39, 0.29) is 29.8 Å². The molecule has 3 atom stereocenters. The van der Waals surface area contributed by atoms with Gasteiger partial charge in [-0.05, 0) is 25.7 Å². The second-order valence-corrected chi connectivity index (χ2v) is 5.17. The summed E-state index contributed by atoms with van der Waals surface area (Å²) in [4.78, 5) is 22.9. The number of amides is 2. The number of carbonyl (C=O) groups excluding carboxylic acids is 2. The van der Waals surface area contributed by atoms with Crippen LogP contribution in [0.15, 0.2) is 0 Å². The third-order valence-corrected chi connectivity index (χ3v) is 3.69. The van der Waals surface area contributed by atoms with Crippen LogP contribution in [-0.4, -0.2) is 30.4 Å². The fourth-order valence-corrected chi connectivity index (χ4v) is 2.66. The van der Waals surface area contributed by atoms with Crippen molar-refractivity contribution in [1.82, 2.24) is 10.6 Å². The van der Waals surface area contributed by atoms with Gasteiger partial charge in [0.1, 0.15) is 0 Å². The van der Waals surface area contributed by atoms with E-state index in [1.165, 1.54) is 0 Å². The minimum atomic E-state index is 0.0656. The van der Waals surface area contributed by atoms with Crippen molar-refractivity contribution in [2.24, 2.45) is 11.7 Å². The largest absolute Gasteiger partial charge is 0.354 e. The van der Waals surface area contributed by atoms with Crippen molar-refractivity contribution in [1.29, 1.82) is 0 Å². The Morgan fingerprint density at radius 3 is 2.88 bits per heavy atom. The summed E-state index contributed by atoms with van der Waals surface area (Å²) >= 11 is 0. The first-order valence-corrected chi connectivity index (χ1v) is 6.48. The fourth-order valence-electron chi connectivity index (χ4n) is 2.66. The molecule has 1 heterocycles. The molecule has 0 aromatic carbocycles. The summed E-state index contributed by atoms with van der Waals surface area (Å²) in [5, 5.41) is 5.77. The number of nitrogens with two attached hydrogens (primary N) is 1. The Kier molecular flexibility index (Phi) is 3.99. The summed E-state index contributed by atoms with van der Waals surface area (Å²) in [6.07, 6.45) is 5.21. The van der Waals surface area contributed by atoms with E-state index in [0.717, 1.165) is 32.1 Å². The first-order chi connectivity index (χ1) is 8.15. The highest BCUT2D eigenvalue weighted by molar-refractivity contribution is 5.80. The third-order valence-electron chi connectivity index (χ3n) is 3.69. The molecule has 0 aromatic rings. The molecule has 0 bridgehead atoms. The van der Waals surface area contributed by atoms with Crippen molar-refractivity contribution in [3.63, 3.8) is 0 Å². The molecule has 1 saturated heterocycles. The maximum absolute atomic E-state index is 11.9. The normalized spacial score (nSPS) is 33.2.